The van der Waals surface area contributed by atoms with E-state index in [9.17, 15) is 9.59 Å². The van der Waals surface area contributed by atoms with Crippen LogP contribution >= 0.6 is 11.6 Å². The molecule has 0 aliphatic heterocycles. The van der Waals surface area contributed by atoms with Crippen molar-refractivity contribution in [2.75, 3.05) is 26.8 Å². The first-order valence-electron chi connectivity index (χ1n) is 8.68. The van der Waals surface area contributed by atoms with Crippen molar-refractivity contribution in [3.8, 4) is 5.75 Å². The summed E-state index contributed by atoms with van der Waals surface area (Å²) >= 11 is 5.82. The van der Waals surface area contributed by atoms with Crippen molar-refractivity contribution in [3.63, 3.8) is 0 Å². The van der Waals surface area contributed by atoms with Crippen molar-refractivity contribution in [1.29, 1.82) is 0 Å². The molecule has 0 bridgehead atoms. The molecule has 1 amide bonds. The Hall–Kier alpha value is -3.06. The maximum Gasteiger partial charge on any atom is 0.359 e. The maximum atomic E-state index is 12.2. The number of halogens is 1. The molecule has 146 valence electrons. The van der Waals surface area contributed by atoms with Crippen molar-refractivity contribution < 1.29 is 19.1 Å². The Bertz CT molecular complexity index is 985. The van der Waals surface area contributed by atoms with Crippen molar-refractivity contribution in [1.82, 2.24) is 14.3 Å². The minimum atomic E-state index is -0.637. The topological polar surface area (TPSA) is 73.1 Å². The second kappa shape index (κ2) is 8.75. The fraction of sp³-hybridized carbons (Fsp3) is 0.250. The highest BCUT2D eigenvalue weighted by Crippen LogP contribution is 2.15. The third kappa shape index (κ3) is 4.80. The van der Waals surface area contributed by atoms with Crippen LogP contribution in [0, 0.1) is 6.92 Å². The third-order valence-corrected chi connectivity index (χ3v) is 4.42. The van der Waals surface area contributed by atoms with Gasteiger partial charge >= 0.3 is 5.97 Å². The zero-order valence-corrected chi connectivity index (χ0v) is 16.3. The molecule has 0 fully saturated rings. The summed E-state index contributed by atoms with van der Waals surface area (Å²) in [4.78, 5) is 30.0. The molecule has 0 aliphatic rings. The zero-order chi connectivity index (χ0) is 20.1. The van der Waals surface area contributed by atoms with Gasteiger partial charge in [0.15, 0.2) is 12.3 Å². The zero-order valence-electron chi connectivity index (χ0n) is 15.6. The first kappa shape index (κ1) is 19.7. The molecule has 0 atom stereocenters. The number of imidazole rings is 1. The lowest BCUT2D eigenvalue weighted by molar-refractivity contribution is -0.133. The SMILES string of the molecule is Cc1cccc2nc(C(=O)OCC(=O)N(C)CCOc3ccc(Cl)cc3)cn12. The third-order valence-electron chi connectivity index (χ3n) is 4.17. The van der Waals surface area contributed by atoms with E-state index in [4.69, 9.17) is 21.1 Å². The standard InChI is InChI=1S/C20H20ClN3O4/c1-14-4-3-5-18-22-17(12-24(14)18)20(26)28-13-19(25)23(2)10-11-27-16-8-6-15(21)7-9-16/h3-9,12H,10-11,13H2,1-2H3. The number of amides is 1. The molecule has 1 aromatic carbocycles. The van der Waals surface area contributed by atoms with Crippen molar-refractivity contribution >= 4 is 29.1 Å². The molecule has 0 N–H and O–H groups in total. The first-order chi connectivity index (χ1) is 13.4. The van der Waals surface area contributed by atoms with Crippen molar-refractivity contribution in [2.45, 2.75) is 6.92 Å². The predicted octanol–water partition coefficient (Wildman–Crippen LogP) is 2.99. The molecule has 2 aromatic heterocycles. The van der Waals surface area contributed by atoms with E-state index < -0.39 is 5.97 Å². The summed E-state index contributed by atoms with van der Waals surface area (Å²) in [6.45, 7) is 2.22. The van der Waals surface area contributed by atoms with Gasteiger partial charge in [-0.25, -0.2) is 9.78 Å². The Morgan fingerprint density at radius 3 is 2.64 bits per heavy atom. The number of aromatic nitrogens is 2. The summed E-state index contributed by atoms with van der Waals surface area (Å²) in [5, 5.41) is 0.627. The fourth-order valence-corrected chi connectivity index (χ4v) is 2.64. The van der Waals surface area contributed by atoms with Gasteiger partial charge in [0.1, 0.15) is 18.0 Å². The first-order valence-corrected chi connectivity index (χ1v) is 9.06. The molecular formula is C20H20ClN3O4. The fourth-order valence-electron chi connectivity index (χ4n) is 2.51. The molecule has 3 rings (SSSR count). The highest BCUT2D eigenvalue weighted by molar-refractivity contribution is 6.30. The quantitative estimate of drug-likeness (QED) is 0.569. The summed E-state index contributed by atoms with van der Waals surface area (Å²) in [5.41, 5.74) is 1.76. The molecule has 0 aliphatic carbocycles. The van der Waals surface area contributed by atoms with Crippen molar-refractivity contribution in [3.05, 3.63) is 65.1 Å². The van der Waals surface area contributed by atoms with E-state index in [1.165, 1.54) is 4.90 Å². The Morgan fingerprint density at radius 1 is 1.18 bits per heavy atom. The lowest BCUT2D eigenvalue weighted by atomic mass is 10.3. The Morgan fingerprint density at radius 2 is 1.93 bits per heavy atom. The summed E-state index contributed by atoms with van der Waals surface area (Å²) in [6.07, 6.45) is 1.60. The van der Waals surface area contributed by atoms with Gasteiger partial charge in [-0.1, -0.05) is 17.7 Å². The van der Waals surface area contributed by atoms with E-state index in [1.807, 2.05) is 19.1 Å². The lowest BCUT2D eigenvalue weighted by Gasteiger charge is -2.17. The average molecular weight is 402 g/mol. The number of aryl methyl sites for hydroxylation is 1. The number of ether oxygens (including phenoxy) is 2. The monoisotopic (exact) mass is 401 g/mol. The minimum Gasteiger partial charge on any atom is -0.492 e. The second-order valence-corrected chi connectivity index (χ2v) is 6.65. The van der Waals surface area contributed by atoms with Crippen LogP contribution in [-0.4, -0.2) is 53.0 Å². The van der Waals surface area contributed by atoms with Crippen LogP contribution in [0.5, 0.6) is 5.75 Å². The van der Waals surface area contributed by atoms with Crippen molar-refractivity contribution in [2.24, 2.45) is 0 Å². The number of hydrogen-bond donors (Lipinski definition) is 0. The number of nitrogens with zero attached hydrogens (tertiary/aromatic N) is 3. The van der Waals surface area contributed by atoms with Gasteiger partial charge in [0.2, 0.25) is 0 Å². The van der Waals surface area contributed by atoms with E-state index in [0.29, 0.717) is 29.6 Å². The number of likely N-dealkylation sites (N-methyl/N-ethyl adjacent to an activating group) is 1. The van der Waals surface area contributed by atoms with Gasteiger partial charge < -0.3 is 18.8 Å². The van der Waals surface area contributed by atoms with Gasteiger partial charge in [0.25, 0.3) is 5.91 Å². The van der Waals surface area contributed by atoms with Gasteiger partial charge in [0.05, 0.1) is 6.54 Å². The number of carbonyl (C=O) groups is 2. The number of rotatable bonds is 7. The summed E-state index contributed by atoms with van der Waals surface area (Å²) in [7, 11) is 1.62. The van der Waals surface area contributed by atoms with Crippen LogP contribution in [0.4, 0.5) is 0 Å². The Kier molecular flexibility index (Phi) is 6.16. The number of esters is 1. The van der Waals surface area contributed by atoms with Crippen LogP contribution in [0.2, 0.25) is 5.02 Å². The normalized spacial score (nSPS) is 10.7. The smallest absolute Gasteiger partial charge is 0.359 e. The predicted molar refractivity (Wildman–Crippen MR) is 105 cm³/mol. The molecule has 2 heterocycles. The van der Waals surface area contributed by atoms with Gasteiger partial charge in [0, 0.05) is 24.0 Å². The van der Waals surface area contributed by atoms with E-state index in [2.05, 4.69) is 4.98 Å². The average Bonchev–Trinajstić information content (AvgIpc) is 3.13. The Labute approximate surface area is 167 Å². The van der Waals surface area contributed by atoms with Crippen LogP contribution < -0.4 is 4.74 Å². The number of hydrogen-bond acceptors (Lipinski definition) is 5. The molecule has 28 heavy (non-hydrogen) atoms. The van der Waals surface area contributed by atoms with Crippen LogP contribution in [-0.2, 0) is 9.53 Å². The van der Waals surface area contributed by atoms with E-state index in [0.717, 1.165) is 5.69 Å². The van der Waals surface area contributed by atoms with Crippen LogP contribution in [0.1, 0.15) is 16.2 Å². The Balaban J connectivity index is 1.46. The van der Waals surface area contributed by atoms with Gasteiger partial charge in [-0.3, -0.25) is 4.79 Å². The molecule has 3 aromatic rings. The number of fused-ring (bicyclic) bond motifs is 1. The molecule has 0 radical (unpaired) electrons. The molecule has 7 nitrogen and oxygen atoms in total. The molecule has 0 spiro atoms. The maximum absolute atomic E-state index is 12.2. The number of carbonyl (C=O) groups excluding carboxylic acids is 2. The van der Waals surface area contributed by atoms with Crippen LogP contribution in [0.25, 0.3) is 5.65 Å². The van der Waals surface area contributed by atoms with E-state index in [-0.39, 0.29) is 18.2 Å². The summed E-state index contributed by atoms with van der Waals surface area (Å²) in [5.74, 6) is -0.297. The number of benzene rings is 1. The highest BCUT2D eigenvalue weighted by atomic mass is 35.5. The summed E-state index contributed by atoms with van der Waals surface area (Å²) < 4.78 is 12.4. The van der Waals surface area contributed by atoms with Gasteiger partial charge in [-0.05, 0) is 43.3 Å². The van der Waals surface area contributed by atoms with Crippen LogP contribution in [0.15, 0.2) is 48.7 Å². The second-order valence-electron chi connectivity index (χ2n) is 6.22. The number of pyridine rings is 1. The van der Waals surface area contributed by atoms with E-state index >= 15 is 0 Å². The molecule has 0 saturated heterocycles. The van der Waals surface area contributed by atoms with E-state index in [1.54, 1.807) is 48.0 Å². The van der Waals surface area contributed by atoms with Gasteiger partial charge in [-0.2, -0.15) is 0 Å². The lowest BCUT2D eigenvalue weighted by Crippen LogP contribution is -2.34. The minimum absolute atomic E-state index is 0.163. The molecule has 0 unspecified atom stereocenters. The van der Waals surface area contributed by atoms with Gasteiger partial charge in [-0.15, -0.1) is 0 Å². The largest absolute Gasteiger partial charge is 0.492 e. The highest BCUT2D eigenvalue weighted by Gasteiger charge is 2.16. The van der Waals surface area contributed by atoms with Crippen LogP contribution in [0.3, 0.4) is 0 Å². The summed E-state index contributed by atoms with van der Waals surface area (Å²) in [6, 6.07) is 12.5. The molecule has 0 saturated carbocycles. The molecule has 8 heteroatoms. The molecular weight excluding hydrogens is 382 g/mol.